The Hall–Kier alpha value is -0.770. The topological polar surface area (TPSA) is 12.0 Å². The van der Waals surface area contributed by atoms with Crippen molar-refractivity contribution in [2.24, 2.45) is 0 Å². The fourth-order valence-electron chi connectivity index (χ4n) is 2.23. The van der Waals surface area contributed by atoms with E-state index in [1.54, 1.807) is 0 Å². The number of hydrogen-bond acceptors (Lipinski definition) is 3. The zero-order chi connectivity index (χ0) is 14.4. The molecule has 1 aromatic heterocycles. The molecular weight excluding hydrogens is 282 g/mol. The van der Waals surface area contributed by atoms with Gasteiger partial charge in [-0.15, -0.1) is 23.1 Å². The third-order valence-corrected chi connectivity index (χ3v) is 5.54. The third kappa shape index (κ3) is 4.11. The van der Waals surface area contributed by atoms with Crippen molar-refractivity contribution in [3.63, 3.8) is 0 Å². The lowest BCUT2D eigenvalue weighted by atomic mass is 10.1. The van der Waals surface area contributed by atoms with Crippen LogP contribution in [0, 0.1) is 13.8 Å². The van der Waals surface area contributed by atoms with Gasteiger partial charge in [0.2, 0.25) is 0 Å². The van der Waals surface area contributed by atoms with Crippen LogP contribution in [0.5, 0.6) is 0 Å². The second-order valence-electron chi connectivity index (χ2n) is 5.02. The van der Waals surface area contributed by atoms with Gasteiger partial charge in [-0.25, -0.2) is 0 Å². The maximum Gasteiger partial charge on any atom is 0.0426 e. The molecule has 0 aliphatic heterocycles. The Labute approximate surface area is 130 Å². The highest BCUT2D eigenvalue weighted by molar-refractivity contribution is 7.99. The van der Waals surface area contributed by atoms with Crippen molar-refractivity contribution in [3.8, 4) is 0 Å². The van der Waals surface area contributed by atoms with E-state index in [0.717, 1.165) is 12.3 Å². The summed E-state index contributed by atoms with van der Waals surface area (Å²) in [6.45, 7) is 7.71. The summed E-state index contributed by atoms with van der Waals surface area (Å²) < 4.78 is 0. The zero-order valence-electron chi connectivity index (χ0n) is 12.5. The lowest BCUT2D eigenvalue weighted by molar-refractivity contribution is 0.577. The molecule has 20 heavy (non-hydrogen) atoms. The molecule has 0 fully saturated rings. The van der Waals surface area contributed by atoms with Crippen molar-refractivity contribution in [2.45, 2.75) is 38.1 Å². The maximum absolute atomic E-state index is 3.69. The highest BCUT2D eigenvalue weighted by atomic mass is 32.2. The van der Waals surface area contributed by atoms with Gasteiger partial charge in [0.1, 0.15) is 0 Å². The van der Waals surface area contributed by atoms with Crippen molar-refractivity contribution in [3.05, 3.63) is 51.7 Å². The molecule has 0 aliphatic rings. The van der Waals surface area contributed by atoms with E-state index in [4.69, 9.17) is 0 Å². The standard InChI is InChI=1S/C17H23NS2/c1-4-10-18-16(15-9-11-19-14(15)3)12-20-17-8-6-5-7-13(17)2/h5-9,11,16,18H,4,10,12H2,1-3H3. The van der Waals surface area contributed by atoms with Crippen LogP contribution in [-0.4, -0.2) is 12.3 Å². The highest BCUT2D eigenvalue weighted by Crippen LogP contribution is 2.30. The van der Waals surface area contributed by atoms with Gasteiger partial charge in [-0.05, 0) is 55.5 Å². The predicted octanol–water partition coefficient (Wildman–Crippen LogP) is 5.20. The summed E-state index contributed by atoms with van der Waals surface area (Å²) in [4.78, 5) is 2.83. The minimum absolute atomic E-state index is 0.450. The van der Waals surface area contributed by atoms with Gasteiger partial charge < -0.3 is 5.32 Å². The van der Waals surface area contributed by atoms with Crippen LogP contribution in [0.25, 0.3) is 0 Å². The summed E-state index contributed by atoms with van der Waals surface area (Å²) in [5, 5.41) is 5.89. The predicted molar refractivity (Wildman–Crippen MR) is 92.0 cm³/mol. The Morgan fingerprint density at radius 1 is 1.20 bits per heavy atom. The van der Waals surface area contributed by atoms with E-state index in [0.29, 0.717) is 6.04 Å². The Kier molecular flexibility index (Phi) is 6.14. The molecule has 1 atom stereocenters. The molecule has 1 N–H and O–H groups in total. The Balaban J connectivity index is 2.05. The van der Waals surface area contributed by atoms with E-state index >= 15 is 0 Å². The molecule has 2 aromatic rings. The molecule has 1 heterocycles. The van der Waals surface area contributed by atoms with E-state index in [1.165, 1.54) is 27.3 Å². The first-order valence-electron chi connectivity index (χ1n) is 7.18. The van der Waals surface area contributed by atoms with Gasteiger partial charge in [0.15, 0.2) is 0 Å². The van der Waals surface area contributed by atoms with Crippen molar-refractivity contribution in [2.75, 3.05) is 12.3 Å². The number of nitrogens with one attached hydrogen (secondary N) is 1. The molecule has 0 spiro atoms. The van der Waals surface area contributed by atoms with Gasteiger partial charge >= 0.3 is 0 Å². The van der Waals surface area contributed by atoms with E-state index in [-0.39, 0.29) is 0 Å². The lowest BCUT2D eigenvalue weighted by Crippen LogP contribution is -2.24. The second kappa shape index (κ2) is 7.87. The number of benzene rings is 1. The molecule has 0 aliphatic carbocycles. The molecule has 0 amide bonds. The molecule has 108 valence electrons. The van der Waals surface area contributed by atoms with Crippen LogP contribution in [0.2, 0.25) is 0 Å². The number of thioether (sulfide) groups is 1. The molecule has 0 saturated carbocycles. The van der Waals surface area contributed by atoms with Gasteiger partial charge in [-0.1, -0.05) is 25.1 Å². The average Bonchev–Trinajstić information content (AvgIpc) is 2.87. The van der Waals surface area contributed by atoms with Crippen LogP contribution in [0.1, 0.15) is 35.4 Å². The Morgan fingerprint density at radius 3 is 2.65 bits per heavy atom. The highest BCUT2D eigenvalue weighted by Gasteiger charge is 2.14. The first kappa shape index (κ1) is 15.6. The minimum atomic E-state index is 0.450. The minimum Gasteiger partial charge on any atom is -0.309 e. The summed E-state index contributed by atoms with van der Waals surface area (Å²) in [5.74, 6) is 1.09. The Morgan fingerprint density at radius 2 is 2.00 bits per heavy atom. The van der Waals surface area contributed by atoms with Crippen molar-refractivity contribution in [1.29, 1.82) is 0 Å². The molecule has 1 unspecified atom stereocenters. The zero-order valence-corrected chi connectivity index (χ0v) is 14.1. The fraction of sp³-hybridized carbons (Fsp3) is 0.412. The van der Waals surface area contributed by atoms with Gasteiger partial charge in [-0.2, -0.15) is 0 Å². The molecule has 2 rings (SSSR count). The third-order valence-electron chi connectivity index (χ3n) is 3.41. The van der Waals surface area contributed by atoms with Gasteiger partial charge in [-0.3, -0.25) is 0 Å². The van der Waals surface area contributed by atoms with Crippen LogP contribution in [0.15, 0.2) is 40.6 Å². The number of rotatable bonds is 7. The molecular formula is C17H23NS2. The largest absolute Gasteiger partial charge is 0.309 e. The fourth-order valence-corrected chi connectivity index (χ4v) is 4.10. The monoisotopic (exact) mass is 305 g/mol. The summed E-state index contributed by atoms with van der Waals surface area (Å²) >= 11 is 3.80. The summed E-state index contributed by atoms with van der Waals surface area (Å²) in [5.41, 5.74) is 2.83. The van der Waals surface area contributed by atoms with Crippen LogP contribution in [0.3, 0.4) is 0 Å². The van der Waals surface area contributed by atoms with Crippen molar-refractivity contribution in [1.82, 2.24) is 5.32 Å². The van der Waals surface area contributed by atoms with Crippen LogP contribution in [0.4, 0.5) is 0 Å². The first-order chi connectivity index (χ1) is 9.72. The Bertz CT molecular complexity index is 533. The molecule has 0 bridgehead atoms. The molecule has 0 saturated heterocycles. The quantitative estimate of drug-likeness (QED) is 0.706. The van der Waals surface area contributed by atoms with Gasteiger partial charge in [0.05, 0.1) is 0 Å². The van der Waals surface area contributed by atoms with E-state index < -0.39 is 0 Å². The van der Waals surface area contributed by atoms with Gasteiger partial charge in [0, 0.05) is 21.6 Å². The normalized spacial score (nSPS) is 12.6. The maximum atomic E-state index is 3.69. The van der Waals surface area contributed by atoms with Crippen LogP contribution < -0.4 is 5.32 Å². The van der Waals surface area contributed by atoms with Gasteiger partial charge in [0.25, 0.3) is 0 Å². The number of thiophene rings is 1. The number of aryl methyl sites for hydroxylation is 2. The molecule has 1 aromatic carbocycles. The summed E-state index contributed by atoms with van der Waals surface area (Å²) in [6, 6.07) is 11.4. The van der Waals surface area contributed by atoms with Crippen LogP contribution in [-0.2, 0) is 0 Å². The molecule has 0 radical (unpaired) electrons. The number of hydrogen-bond donors (Lipinski definition) is 1. The summed E-state index contributed by atoms with van der Waals surface area (Å²) in [7, 11) is 0. The molecule has 1 nitrogen and oxygen atoms in total. The lowest BCUT2D eigenvalue weighted by Gasteiger charge is -2.19. The smallest absolute Gasteiger partial charge is 0.0426 e. The van der Waals surface area contributed by atoms with Crippen molar-refractivity contribution < 1.29 is 0 Å². The van der Waals surface area contributed by atoms with E-state index in [2.05, 4.69) is 61.8 Å². The summed E-state index contributed by atoms with van der Waals surface area (Å²) in [6.07, 6.45) is 1.18. The first-order valence-corrected chi connectivity index (χ1v) is 9.04. The molecule has 3 heteroatoms. The SMILES string of the molecule is CCCNC(CSc1ccccc1C)c1ccsc1C. The average molecular weight is 306 g/mol. The second-order valence-corrected chi connectivity index (χ2v) is 7.20. The van der Waals surface area contributed by atoms with E-state index in [1.807, 2.05) is 23.1 Å². The van der Waals surface area contributed by atoms with Crippen molar-refractivity contribution >= 4 is 23.1 Å². The van der Waals surface area contributed by atoms with E-state index in [9.17, 15) is 0 Å². The van der Waals surface area contributed by atoms with Crippen LogP contribution >= 0.6 is 23.1 Å².